The summed E-state index contributed by atoms with van der Waals surface area (Å²) in [6, 6.07) is 4.10. The van der Waals surface area contributed by atoms with Crippen LogP contribution in [0.15, 0.2) is 23.1 Å². The third-order valence-electron chi connectivity index (χ3n) is 2.76. The summed E-state index contributed by atoms with van der Waals surface area (Å²) in [5.41, 5.74) is 0. The molecule has 0 atom stereocenters. The van der Waals surface area contributed by atoms with E-state index in [4.69, 9.17) is 23.2 Å². The number of hydrogen-bond donors (Lipinski definition) is 1. The van der Waals surface area contributed by atoms with Crippen molar-refractivity contribution in [2.75, 3.05) is 19.6 Å². The van der Waals surface area contributed by atoms with Gasteiger partial charge in [-0.05, 0) is 24.6 Å². The van der Waals surface area contributed by atoms with E-state index in [-0.39, 0.29) is 27.4 Å². The van der Waals surface area contributed by atoms with E-state index in [1.807, 2.05) is 0 Å². The minimum Gasteiger partial charge on any atom is -0.355 e. The lowest BCUT2D eigenvalue weighted by Crippen LogP contribution is -2.37. The van der Waals surface area contributed by atoms with Crippen molar-refractivity contribution in [3.05, 3.63) is 28.2 Å². The lowest BCUT2D eigenvalue weighted by atomic mass is 10.4. The molecule has 1 heterocycles. The molecule has 1 amide bonds. The third-order valence-corrected chi connectivity index (χ3v) is 5.34. The van der Waals surface area contributed by atoms with E-state index in [2.05, 4.69) is 5.32 Å². The van der Waals surface area contributed by atoms with Crippen molar-refractivity contribution in [2.24, 2.45) is 0 Å². The summed E-state index contributed by atoms with van der Waals surface area (Å²) in [6.45, 7) is 0.593. The van der Waals surface area contributed by atoms with Crippen molar-refractivity contribution in [3.8, 4) is 0 Å². The number of benzene rings is 1. The summed E-state index contributed by atoms with van der Waals surface area (Å²) in [7, 11) is -3.73. The monoisotopic (exact) mass is 322 g/mol. The highest BCUT2D eigenvalue weighted by molar-refractivity contribution is 7.89. The van der Waals surface area contributed by atoms with E-state index in [9.17, 15) is 13.2 Å². The molecule has 1 aliphatic rings. The highest BCUT2D eigenvalue weighted by Gasteiger charge is 2.28. The second-order valence-electron chi connectivity index (χ2n) is 4.12. The zero-order valence-electron chi connectivity index (χ0n) is 9.90. The number of hydrogen-bond acceptors (Lipinski definition) is 3. The van der Waals surface area contributed by atoms with Crippen LogP contribution in [-0.2, 0) is 14.8 Å². The van der Waals surface area contributed by atoms with Gasteiger partial charge in [-0.1, -0.05) is 23.2 Å². The van der Waals surface area contributed by atoms with Gasteiger partial charge in [0.1, 0.15) is 0 Å². The minimum absolute atomic E-state index is 0.0385. The van der Waals surface area contributed by atoms with Crippen LogP contribution in [0.4, 0.5) is 0 Å². The molecular weight excluding hydrogens is 311 g/mol. The van der Waals surface area contributed by atoms with Gasteiger partial charge in [-0.2, -0.15) is 4.31 Å². The Kier molecular flexibility index (Phi) is 4.35. The maximum absolute atomic E-state index is 12.4. The number of carbonyl (C=O) groups excluding carboxylic acids is 1. The van der Waals surface area contributed by atoms with E-state index >= 15 is 0 Å². The Morgan fingerprint density at radius 3 is 2.63 bits per heavy atom. The first-order valence-corrected chi connectivity index (χ1v) is 7.83. The van der Waals surface area contributed by atoms with Gasteiger partial charge in [-0.25, -0.2) is 8.42 Å². The van der Waals surface area contributed by atoms with E-state index in [1.54, 1.807) is 0 Å². The van der Waals surface area contributed by atoms with Crippen LogP contribution in [0.5, 0.6) is 0 Å². The van der Waals surface area contributed by atoms with Gasteiger partial charge in [0.15, 0.2) is 0 Å². The molecule has 0 spiro atoms. The fourth-order valence-corrected chi connectivity index (χ4v) is 3.59. The van der Waals surface area contributed by atoms with Crippen molar-refractivity contribution < 1.29 is 13.2 Å². The third kappa shape index (κ3) is 3.20. The molecule has 0 unspecified atom stereocenters. The molecule has 1 saturated heterocycles. The van der Waals surface area contributed by atoms with Crippen molar-refractivity contribution in [3.63, 3.8) is 0 Å². The van der Waals surface area contributed by atoms with Gasteiger partial charge < -0.3 is 5.32 Å². The molecule has 104 valence electrons. The van der Waals surface area contributed by atoms with Crippen LogP contribution in [0.1, 0.15) is 6.42 Å². The average Bonchev–Trinajstić information content (AvgIpc) is 2.57. The van der Waals surface area contributed by atoms with Crippen LogP contribution in [0.2, 0.25) is 10.0 Å². The molecule has 1 aromatic carbocycles. The molecule has 2 rings (SSSR count). The van der Waals surface area contributed by atoms with Crippen molar-refractivity contribution in [2.45, 2.75) is 11.3 Å². The number of nitrogens with zero attached hydrogens (tertiary/aromatic N) is 1. The van der Waals surface area contributed by atoms with E-state index < -0.39 is 10.0 Å². The summed E-state index contributed by atoms with van der Waals surface area (Å²) < 4.78 is 25.9. The van der Waals surface area contributed by atoms with Crippen LogP contribution in [-0.4, -0.2) is 38.3 Å². The molecule has 0 aliphatic carbocycles. The lowest BCUT2D eigenvalue weighted by molar-refractivity contribution is -0.120. The van der Waals surface area contributed by atoms with Gasteiger partial charge in [0, 0.05) is 13.1 Å². The number of halogens is 2. The molecule has 0 saturated carbocycles. The summed E-state index contributed by atoms with van der Waals surface area (Å²) in [5, 5.41) is 3.08. The minimum atomic E-state index is -3.73. The molecule has 0 aromatic heterocycles. The Hall–Kier alpha value is -0.820. The summed E-state index contributed by atoms with van der Waals surface area (Å²) in [4.78, 5) is 11.5. The second kappa shape index (κ2) is 5.66. The lowest BCUT2D eigenvalue weighted by Gasteiger charge is -2.18. The van der Waals surface area contributed by atoms with Gasteiger partial charge in [0.25, 0.3) is 0 Å². The highest BCUT2D eigenvalue weighted by atomic mass is 35.5. The number of nitrogens with one attached hydrogen (secondary N) is 1. The van der Waals surface area contributed by atoms with E-state index in [0.717, 1.165) is 4.31 Å². The molecule has 1 fully saturated rings. The van der Waals surface area contributed by atoms with E-state index in [1.165, 1.54) is 18.2 Å². The van der Waals surface area contributed by atoms with Gasteiger partial charge >= 0.3 is 0 Å². The zero-order chi connectivity index (χ0) is 14.0. The highest BCUT2D eigenvalue weighted by Crippen LogP contribution is 2.26. The SMILES string of the molecule is O=C1CN(S(=O)(=O)c2ccc(Cl)c(Cl)c2)CCCN1. The van der Waals surface area contributed by atoms with Crippen molar-refractivity contribution >= 4 is 39.1 Å². The first-order chi connectivity index (χ1) is 8.91. The quantitative estimate of drug-likeness (QED) is 0.897. The van der Waals surface area contributed by atoms with Gasteiger partial charge in [0.05, 0.1) is 21.5 Å². The number of carbonyl (C=O) groups is 1. The maximum atomic E-state index is 12.4. The zero-order valence-corrected chi connectivity index (χ0v) is 12.2. The summed E-state index contributed by atoms with van der Waals surface area (Å²) in [5.74, 6) is -0.305. The largest absolute Gasteiger partial charge is 0.355 e. The van der Waals surface area contributed by atoms with E-state index in [0.29, 0.717) is 19.5 Å². The predicted molar refractivity (Wildman–Crippen MR) is 72.8 cm³/mol. The molecule has 5 nitrogen and oxygen atoms in total. The molecule has 0 radical (unpaired) electrons. The predicted octanol–water partition coefficient (Wildman–Crippen LogP) is 1.50. The number of rotatable bonds is 2. The van der Waals surface area contributed by atoms with Crippen LogP contribution in [0, 0.1) is 0 Å². The first-order valence-electron chi connectivity index (χ1n) is 5.63. The molecule has 1 aliphatic heterocycles. The van der Waals surface area contributed by atoms with Crippen LogP contribution in [0.25, 0.3) is 0 Å². The molecule has 1 aromatic rings. The van der Waals surface area contributed by atoms with Crippen molar-refractivity contribution in [1.29, 1.82) is 0 Å². The fourth-order valence-electron chi connectivity index (χ4n) is 1.77. The number of sulfonamides is 1. The maximum Gasteiger partial charge on any atom is 0.243 e. The number of amides is 1. The Labute approximate surface area is 121 Å². The Bertz CT molecular complexity index is 604. The molecule has 19 heavy (non-hydrogen) atoms. The van der Waals surface area contributed by atoms with Crippen LogP contribution in [0.3, 0.4) is 0 Å². The van der Waals surface area contributed by atoms with Crippen LogP contribution >= 0.6 is 23.2 Å². The first kappa shape index (κ1) is 14.6. The molecular formula is C11H12Cl2N2O3S. The summed E-state index contributed by atoms with van der Waals surface area (Å²) >= 11 is 11.6. The average molecular weight is 323 g/mol. The molecule has 1 N–H and O–H groups in total. The van der Waals surface area contributed by atoms with Gasteiger partial charge in [-0.3, -0.25) is 4.79 Å². The van der Waals surface area contributed by atoms with Crippen molar-refractivity contribution in [1.82, 2.24) is 9.62 Å². The van der Waals surface area contributed by atoms with Gasteiger partial charge in [-0.15, -0.1) is 0 Å². The fraction of sp³-hybridized carbons (Fsp3) is 0.364. The molecule has 8 heteroatoms. The smallest absolute Gasteiger partial charge is 0.243 e. The van der Waals surface area contributed by atoms with Crippen LogP contribution < -0.4 is 5.32 Å². The summed E-state index contributed by atoms with van der Waals surface area (Å²) in [6.07, 6.45) is 0.576. The Balaban J connectivity index is 2.35. The topological polar surface area (TPSA) is 66.5 Å². The standard InChI is InChI=1S/C11H12Cl2N2O3S/c12-9-3-2-8(6-10(9)13)19(17,18)15-5-1-4-14-11(16)7-15/h2-3,6H,1,4-5,7H2,(H,14,16). The normalized spacial score (nSPS) is 17.9. The van der Waals surface area contributed by atoms with Gasteiger partial charge in [0.2, 0.25) is 15.9 Å². The molecule has 0 bridgehead atoms. The Morgan fingerprint density at radius 2 is 1.95 bits per heavy atom. The second-order valence-corrected chi connectivity index (χ2v) is 6.87. The Morgan fingerprint density at radius 1 is 1.21 bits per heavy atom.